The lowest BCUT2D eigenvalue weighted by atomic mass is 9.98. The lowest BCUT2D eigenvalue weighted by molar-refractivity contribution is 0.617. The molecule has 0 unspecified atom stereocenters. The molecule has 0 N–H and O–H groups in total. The Bertz CT molecular complexity index is 258. The van der Waals surface area contributed by atoms with Crippen LogP contribution < -0.4 is 10.4 Å². The van der Waals surface area contributed by atoms with Gasteiger partial charge in [-0.15, -0.1) is 0 Å². The van der Waals surface area contributed by atoms with Crippen molar-refractivity contribution in [1.82, 2.24) is 4.98 Å². The second-order valence-electron chi connectivity index (χ2n) is 2.82. The normalized spacial score (nSPS) is 16.2. The summed E-state index contributed by atoms with van der Waals surface area (Å²) in [5, 5.41) is 0. The summed E-state index contributed by atoms with van der Waals surface area (Å²) in [5.74, 6) is 0. The highest BCUT2D eigenvalue weighted by Crippen LogP contribution is 2.16. The van der Waals surface area contributed by atoms with Gasteiger partial charge in [0.2, 0.25) is 0 Å². The van der Waals surface area contributed by atoms with Gasteiger partial charge in [-0.3, -0.25) is 4.98 Å². The molecule has 2 radical (unpaired) electrons. The predicted molar refractivity (Wildman–Crippen MR) is 46.5 cm³/mol. The predicted octanol–water partition coefficient (Wildman–Crippen LogP) is 0.0855. The number of rotatable bonds is 1. The molecule has 1 fully saturated rings. The first-order valence-corrected chi connectivity index (χ1v) is 3.82. The van der Waals surface area contributed by atoms with Crippen LogP contribution in [0.5, 0.6) is 0 Å². The minimum Gasteiger partial charge on any atom is -0.370 e. The maximum Gasteiger partial charge on any atom is 0.116 e. The lowest BCUT2D eigenvalue weighted by Crippen LogP contribution is -2.37. The van der Waals surface area contributed by atoms with Gasteiger partial charge in [-0.25, -0.2) is 0 Å². The van der Waals surface area contributed by atoms with Crippen molar-refractivity contribution in [1.29, 1.82) is 0 Å². The van der Waals surface area contributed by atoms with E-state index in [4.69, 9.17) is 7.85 Å². The van der Waals surface area contributed by atoms with Crippen LogP contribution in [0, 0.1) is 0 Å². The quantitative estimate of drug-likeness (QED) is 0.519. The highest BCUT2D eigenvalue weighted by molar-refractivity contribution is 6.32. The van der Waals surface area contributed by atoms with Crippen LogP contribution >= 0.6 is 0 Å². The van der Waals surface area contributed by atoms with E-state index in [-0.39, 0.29) is 0 Å². The van der Waals surface area contributed by atoms with E-state index in [1.807, 2.05) is 12.3 Å². The van der Waals surface area contributed by atoms with Crippen LogP contribution in [-0.4, -0.2) is 25.9 Å². The van der Waals surface area contributed by atoms with E-state index >= 15 is 0 Å². The van der Waals surface area contributed by atoms with Crippen LogP contribution in [0.3, 0.4) is 0 Å². The van der Waals surface area contributed by atoms with Crippen LogP contribution in [0.4, 0.5) is 5.69 Å². The molecule has 0 atom stereocenters. The largest absolute Gasteiger partial charge is 0.370 e. The minimum atomic E-state index is 0.745. The second kappa shape index (κ2) is 2.57. The van der Waals surface area contributed by atoms with Gasteiger partial charge in [0.05, 0.1) is 11.9 Å². The van der Waals surface area contributed by atoms with Crippen molar-refractivity contribution in [2.75, 3.05) is 18.0 Å². The number of anilines is 1. The number of nitrogens with zero attached hydrogens (tertiary/aromatic N) is 2. The summed E-state index contributed by atoms with van der Waals surface area (Å²) >= 11 is 0. The number of aromatic nitrogens is 1. The third-order valence-electron chi connectivity index (χ3n) is 1.97. The topological polar surface area (TPSA) is 16.1 Å². The van der Waals surface area contributed by atoms with Crippen molar-refractivity contribution in [2.24, 2.45) is 0 Å². The summed E-state index contributed by atoms with van der Waals surface area (Å²) in [7, 11) is 5.59. The Morgan fingerprint density at radius 3 is 2.73 bits per heavy atom. The van der Waals surface area contributed by atoms with Crippen LogP contribution in [0.1, 0.15) is 6.42 Å². The Hall–Kier alpha value is -0.985. The molecule has 2 heterocycles. The summed E-state index contributed by atoms with van der Waals surface area (Å²) in [6, 6.07) is 1.96. The number of pyridine rings is 1. The van der Waals surface area contributed by atoms with E-state index < -0.39 is 0 Å². The molecule has 3 heteroatoms. The molecule has 1 aliphatic rings. The van der Waals surface area contributed by atoms with Crippen molar-refractivity contribution in [2.45, 2.75) is 6.42 Å². The Labute approximate surface area is 67.7 Å². The lowest BCUT2D eigenvalue weighted by Gasteiger charge is -2.32. The zero-order chi connectivity index (χ0) is 7.68. The van der Waals surface area contributed by atoms with Gasteiger partial charge in [0, 0.05) is 19.3 Å². The molecule has 0 amide bonds. The Morgan fingerprint density at radius 1 is 1.36 bits per heavy atom. The zero-order valence-corrected chi connectivity index (χ0v) is 6.33. The monoisotopic (exact) mass is 144 g/mol. The molecule has 2 rings (SSSR count). The third-order valence-corrected chi connectivity index (χ3v) is 1.97. The van der Waals surface area contributed by atoms with E-state index in [1.54, 1.807) is 6.20 Å². The van der Waals surface area contributed by atoms with Gasteiger partial charge in [-0.05, 0) is 12.5 Å². The van der Waals surface area contributed by atoms with Crippen molar-refractivity contribution in [3.63, 3.8) is 0 Å². The summed E-state index contributed by atoms with van der Waals surface area (Å²) in [4.78, 5) is 6.29. The molecular formula is C8H9BN2. The Balaban J connectivity index is 2.23. The van der Waals surface area contributed by atoms with Gasteiger partial charge >= 0.3 is 0 Å². The average Bonchev–Trinajstić information content (AvgIpc) is 1.83. The summed E-state index contributed by atoms with van der Waals surface area (Å²) in [5.41, 5.74) is 1.89. The van der Waals surface area contributed by atoms with Crippen molar-refractivity contribution in [3.8, 4) is 0 Å². The molecule has 1 saturated heterocycles. The minimum absolute atomic E-state index is 0.745. The number of hydrogen-bond donors (Lipinski definition) is 0. The zero-order valence-electron chi connectivity index (χ0n) is 6.33. The third kappa shape index (κ3) is 1.23. The summed E-state index contributed by atoms with van der Waals surface area (Å²) in [6.45, 7) is 2.29. The van der Waals surface area contributed by atoms with Crippen molar-refractivity contribution in [3.05, 3.63) is 18.5 Å². The van der Waals surface area contributed by atoms with Crippen LogP contribution in [0.25, 0.3) is 0 Å². The van der Waals surface area contributed by atoms with Gasteiger partial charge in [0.15, 0.2) is 0 Å². The van der Waals surface area contributed by atoms with Gasteiger partial charge in [-0.2, -0.15) is 0 Å². The van der Waals surface area contributed by atoms with Crippen molar-refractivity contribution >= 4 is 19.0 Å². The average molecular weight is 144 g/mol. The van der Waals surface area contributed by atoms with Crippen LogP contribution in [0.15, 0.2) is 18.5 Å². The van der Waals surface area contributed by atoms with Crippen LogP contribution in [0.2, 0.25) is 0 Å². The fraction of sp³-hybridized carbons (Fsp3) is 0.375. The standard InChI is InChI=1S/C8H9BN2/c9-7-4-8(6-10-5-7)11-2-1-3-11/h4-6H,1-3H2. The molecule has 0 aliphatic carbocycles. The fourth-order valence-corrected chi connectivity index (χ4v) is 1.19. The SMILES string of the molecule is [B]c1cncc(N2CCC2)c1. The molecule has 0 aromatic carbocycles. The highest BCUT2D eigenvalue weighted by Gasteiger charge is 2.13. The Kier molecular flexibility index (Phi) is 1.57. The van der Waals surface area contributed by atoms with E-state index in [9.17, 15) is 0 Å². The van der Waals surface area contributed by atoms with Gasteiger partial charge < -0.3 is 4.90 Å². The van der Waals surface area contributed by atoms with Gasteiger partial charge in [0.1, 0.15) is 7.85 Å². The maximum absolute atomic E-state index is 5.59. The molecule has 1 aromatic heterocycles. The number of hydrogen-bond acceptors (Lipinski definition) is 2. The fourth-order valence-electron chi connectivity index (χ4n) is 1.19. The first kappa shape index (κ1) is 6.71. The summed E-state index contributed by atoms with van der Waals surface area (Å²) < 4.78 is 0. The highest BCUT2D eigenvalue weighted by atomic mass is 15.2. The van der Waals surface area contributed by atoms with Gasteiger partial charge in [0.25, 0.3) is 0 Å². The maximum atomic E-state index is 5.59. The molecule has 11 heavy (non-hydrogen) atoms. The molecule has 0 saturated carbocycles. The van der Waals surface area contributed by atoms with E-state index in [1.165, 1.54) is 6.42 Å². The van der Waals surface area contributed by atoms with E-state index in [0.29, 0.717) is 0 Å². The van der Waals surface area contributed by atoms with E-state index in [2.05, 4.69) is 9.88 Å². The van der Waals surface area contributed by atoms with Crippen molar-refractivity contribution < 1.29 is 0 Å². The Morgan fingerprint density at radius 2 is 2.18 bits per heavy atom. The molecule has 1 aliphatic heterocycles. The molecule has 0 bridgehead atoms. The second-order valence-corrected chi connectivity index (χ2v) is 2.82. The molecule has 54 valence electrons. The van der Waals surface area contributed by atoms with Crippen LogP contribution in [-0.2, 0) is 0 Å². The molecular weight excluding hydrogens is 135 g/mol. The van der Waals surface area contributed by atoms with E-state index in [0.717, 1.165) is 24.2 Å². The molecule has 2 nitrogen and oxygen atoms in total. The molecule has 1 aromatic rings. The van der Waals surface area contributed by atoms with Gasteiger partial charge in [-0.1, -0.05) is 5.46 Å². The smallest absolute Gasteiger partial charge is 0.116 e. The molecule has 0 spiro atoms. The first-order valence-electron chi connectivity index (χ1n) is 3.82. The summed E-state index contributed by atoms with van der Waals surface area (Å²) in [6.07, 6.45) is 4.81. The first-order chi connectivity index (χ1) is 5.36.